The Labute approximate surface area is 124 Å². The molecule has 0 saturated heterocycles. The predicted octanol–water partition coefficient (Wildman–Crippen LogP) is 2.70. The van der Waals surface area contributed by atoms with Crippen LogP contribution in [0.2, 0.25) is 5.02 Å². The molecule has 6 heteroatoms. The first-order valence-corrected chi connectivity index (χ1v) is 6.66. The number of hydrogen-bond acceptors (Lipinski definition) is 3. The molecule has 0 aliphatic heterocycles. The molecule has 0 aliphatic rings. The molecule has 2 N–H and O–H groups in total. The number of rotatable bonds is 3. The zero-order valence-electron chi connectivity index (χ0n) is 10.9. The minimum absolute atomic E-state index is 0.249. The van der Waals surface area contributed by atoms with Gasteiger partial charge in [0.25, 0.3) is 5.91 Å². The lowest BCUT2D eigenvalue weighted by molar-refractivity contribution is 0.0951. The van der Waals surface area contributed by atoms with Gasteiger partial charge in [-0.1, -0.05) is 29.8 Å². The molecule has 5 nitrogen and oxygen atoms in total. The van der Waals surface area contributed by atoms with Crippen molar-refractivity contribution in [3.63, 3.8) is 0 Å². The van der Waals surface area contributed by atoms with Crippen LogP contribution in [0.5, 0.6) is 0 Å². The summed E-state index contributed by atoms with van der Waals surface area (Å²) in [6.45, 7) is 0.327. The summed E-state index contributed by atoms with van der Waals surface area (Å²) in [7, 11) is 0. The zero-order valence-corrected chi connectivity index (χ0v) is 11.6. The minimum atomic E-state index is -0.498. The summed E-state index contributed by atoms with van der Waals surface area (Å²) in [5, 5.41) is 3.19. The molecule has 0 fully saturated rings. The van der Waals surface area contributed by atoms with Gasteiger partial charge in [-0.05, 0) is 29.8 Å². The number of fused-ring (bicyclic) bond motifs is 1. The van der Waals surface area contributed by atoms with Crippen LogP contribution < -0.4 is 11.1 Å². The van der Waals surface area contributed by atoms with Gasteiger partial charge in [0.05, 0.1) is 16.1 Å². The number of carbonyl (C=O) groups is 1. The second-order valence-electron chi connectivity index (χ2n) is 4.51. The van der Waals surface area contributed by atoms with Gasteiger partial charge in [-0.25, -0.2) is 4.79 Å². The molecule has 1 aromatic heterocycles. The van der Waals surface area contributed by atoms with Crippen molar-refractivity contribution in [3.05, 3.63) is 69.2 Å². The molecule has 0 saturated carbocycles. The van der Waals surface area contributed by atoms with E-state index in [1.807, 2.05) is 0 Å². The maximum atomic E-state index is 12.0. The molecule has 3 rings (SSSR count). The predicted molar refractivity (Wildman–Crippen MR) is 79.5 cm³/mol. The number of hydrogen-bond donors (Lipinski definition) is 2. The number of amides is 1. The van der Waals surface area contributed by atoms with E-state index in [9.17, 15) is 9.59 Å². The molecule has 21 heavy (non-hydrogen) atoms. The molecular formula is C15H11ClN2O3. The van der Waals surface area contributed by atoms with Gasteiger partial charge in [0.1, 0.15) is 0 Å². The van der Waals surface area contributed by atoms with E-state index >= 15 is 0 Å². The van der Waals surface area contributed by atoms with Crippen LogP contribution >= 0.6 is 11.6 Å². The fourth-order valence-corrected chi connectivity index (χ4v) is 2.25. The summed E-state index contributed by atoms with van der Waals surface area (Å²) >= 11 is 5.97. The van der Waals surface area contributed by atoms with E-state index < -0.39 is 5.76 Å². The number of nitrogens with one attached hydrogen (secondary N) is 2. The van der Waals surface area contributed by atoms with Crippen molar-refractivity contribution in [2.24, 2.45) is 0 Å². The fraction of sp³-hybridized carbons (Fsp3) is 0.0667. The van der Waals surface area contributed by atoms with Crippen LogP contribution in [0.15, 0.2) is 51.7 Å². The highest BCUT2D eigenvalue weighted by atomic mass is 35.5. The lowest BCUT2D eigenvalue weighted by Crippen LogP contribution is -2.23. The molecule has 3 aromatic rings. The number of aromatic amines is 1. The summed E-state index contributed by atoms with van der Waals surface area (Å²) in [5.41, 5.74) is 2.36. The summed E-state index contributed by atoms with van der Waals surface area (Å²) < 4.78 is 4.92. The van der Waals surface area contributed by atoms with Gasteiger partial charge in [-0.2, -0.15) is 0 Å². The van der Waals surface area contributed by atoms with Crippen molar-refractivity contribution in [1.29, 1.82) is 0 Å². The topological polar surface area (TPSA) is 75.1 Å². The Bertz CT molecular complexity index is 866. The normalized spacial score (nSPS) is 10.7. The number of benzene rings is 2. The molecule has 2 aromatic carbocycles. The van der Waals surface area contributed by atoms with Gasteiger partial charge >= 0.3 is 5.76 Å². The molecule has 0 bridgehead atoms. The van der Waals surface area contributed by atoms with Gasteiger partial charge in [-0.15, -0.1) is 0 Å². The van der Waals surface area contributed by atoms with Gasteiger partial charge < -0.3 is 9.73 Å². The molecule has 1 heterocycles. The average molecular weight is 303 g/mol. The van der Waals surface area contributed by atoms with Crippen LogP contribution in [0.1, 0.15) is 15.9 Å². The summed E-state index contributed by atoms with van der Waals surface area (Å²) in [5.74, 6) is -0.747. The maximum Gasteiger partial charge on any atom is 0.417 e. The zero-order chi connectivity index (χ0) is 14.8. The molecule has 0 atom stereocenters. The van der Waals surface area contributed by atoms with Gasteiger partial charge in [0, 0.05) is 6.54 Å². The monoisotopic (exact) mass is 302 g/mol. The lowest BCUT2D eigenvalue weighted by Gasteiger charge is -2.06. The number of halogens is 1. The van der Waals surface area contributed by atoms with Crippen LogP contribution in [0.4, 0.5) is 0 Å². The Kier molecular flexibility index (Phi) is 3.50. The lowest BCUT2D eigenvalue weighted by atomic mass is 10.2. The first-order valence-electron chi connectivity index (χ1n) is 6.28. The van der Waals surface area contributed by atoms with E-state index in [4.69, 9.17) is 16.0 Å². The summed E-state index contributed by atoms with van der Waals surface area (Å²) in [4.78, 5) is 25.7. The van der Waals surface area contributed by atoms with Gasteiger partial charge in [-0.3, -0.25) is 9.78 Å². The molecule has 0 aliphatic carbocycles. The van der Waals surface area contributed by atoms with Crippen molar-refractivity contribution >= 4 is 28.6 Å². The molecular weight excluding hydrogens is 292 g/mol. The van der Waals surface area contributed by atoms with Crippen molar-refractivity contribution < 1.29 is 9.21 Å². The summed E-state index contributed by atoms with van der Waals surface area (Å²) in [6, 6.07) is 12.1. The van der Waals surface area contributed by atoms with Crippen molar-refractivity contribution in [2.45, 2.75) is 6.54 Å². The van der Waals surface area contributed by atoms with E-state index in [2.05, 4.69) is 10.3 Å². The molecule has 0 unspecified atom stereocenters. The van der Waals surface area contributed by atoms with E-state index in [-0.39, 0.29) is 5.91 Å². The van der Waals surface area contributed by atoms with E-state index in [0.717, 1.165) is 5.56 Å². The largest absolute Gasteiger partial charge is 0.417 e. The van der Waals surface area contributed by atoms with E-state index in [0.29, 0.717) is 28.2 Å². The van der Waals surface area contributed by atoms with E-state index in [1.54, 1.807) is 42.5 Å². The molecule has 1 amide bonds. The van der Waals surface area contributed by atoms with Gasteiger partial charge in [0.15, 0.2) is 5.58 Å². The molecule has 0 spiro atoms. The Morgan fingerprint density at radius 2 is 2.05 bits per heavy atom. The molecule has 0 radical (unpaired) electrons. The Balaban J connectivity index is 1.75. The standard InChI is InChI=1S/C15H11ClN2O3/c16-11-4-2-1-3-10(11)14(19)17-8-9-5-6-13-12(7-9)18-15(20)21-13/h1-7H,8H2,(H,17,19)(H,18,20). The third-order valence-electron chi connectivity index (χ3n) is 3.05. The highest BCUT2D eigenvalue weighted by Crippen LogP contribution is 2.15. The first-order chi connectivity index (χ1) is 10.1. The number of oxazole rings is 1. The second-order valence-corrected chi connectivity index (χ2v) is 4.91. The van der Waals surface area contributed by atoms with Gasteiger partial charge in [0.2, 0.25) is 0 Å². The van der Waals surface area contributed by atoms with Crippen molar-refractivity contribution in [1.82, 2.24) is 10.3 Å². The number of aromatic nitrogens is 1. The Morgan fingerprint density at radius 3 is 2.86 bits per heavy atom. The fourth-order valence-electron chi connectivity index (χ4n) is 2.03. The second kappa shape index (κ2) is 5.46. The van der Waals surface area contributed by atoms with Crippen LogP contribution in [0.25, 0.3) is 11.1 Å². The Hall–Kier alpha value is -2.53. The van der Waals surface area contributed by atoms with Crippen LogP contribution in [0.3, 0.4) is 0 Å². The first kappa shape index (κ1) is 13.5. The van der Waals surface area contributed by atoms with Crippen LogP contribution in [0, 0.1) is 0 Å². The minimum Gasteiger partial charge on any atom is -0.408 e. The Morgan fingerprint density at radius 1 is 1.24 bits per heavy atom. The highest BCUT2D eigenvalue weighted by Gasteiger charge is 2.09. The average Bonchev–Trinajstić information content (AvgIpc) is 2.84. The summed E-state index contributed by atoms with van der Waals surface area (Å²) in [6.07, 6.45) is 0. The number of carbonyl (C=O) groups excluding carboxylic acids is 1. The number of H-pyrrole nitrogens is 1. The smallest absolute Gasteiger partial charge is 0.408 e. The molecule has 106 valence electrons. The highest BCUT2D eigenvalue weighted by molar-refractivity contribution is 6.33. The third-order valence-corrected chi connectivity index (χ3v) is 3.38. The van der Waals surface area contributed by atoms with Crippen LogP contribution in [-0.2, 0) is 6.54 Å². The maximum absolute atomic E-state index is 12.0. The quantitative estimate of drug-likeness (QED) is 0.781. The SMILES string of the molecule is O=C(NCc1ccc2oc(=O)[nH]c2c1)c1ccccc1Cl. The van der Waals surface area contributed by atoms with Crippen molar-refractivity contribution in [3.8, 4) is 0 Å². The van der Waals surface area contributed by atoms with Crippen LogP contribution in [-0.4, -0.2) is 10.9 Å². The third kappa shape index (κ3) is 2.83. The van der Waals surface area contributed by atoms with Crippen molar-refractivity contribution in [2.75, 3.05) is 0 Å². The van der Waals surface area contributed by atoms with E-state index in [1.165, 1.54) is 0 Å².